The number of hydrogen-bond donors (Lipinski definition) is 2. The summed E-state index contributed by atoms with van der Waals surface area (Å²) in [6.45, 7) is 3.34. The van der Waals surface area contributed by atoms with Crippen molar-refractivity contribution in [2.24, 2.45) is 0 Å². The molecule has 0 spiro atoms. The zero-order valence-electron chi connectivity index (χ0n) is 16.8. The lowest BCUT2D eigenvalue weighted by atomic mass is 9.89. The molecular weight excluding hydrogens is 370 g/mol. The van der Waals surface area contributed by atoms with Crippen LogP contribution in [0.2, 0.25) is 0 Å². The van der Waals surface area contributed by atoms with E-state index in [1.165, 1.54) is 4.68 Å². The van der Waals surface area contributed by atoms with E-state index in [1.54, 1.807) is 0 Å². The number of nitrogens with zero attached hydrogens (tertiary/aromatic N) is 1. The zero-order chi connectivity index (χ0) is 20.2. The second-order valence-corrected chi connectivity index (χ2v) is 7.52. The van der Waals surface area contributed by atoms with Gasteiger partial charge in [-0.3, -0.25) is 9.59 Å². The number of hydrogen-bond acceptors (Lipinski definition) is 5. The maximum absolute atomic E-state index is 13.0. The molecule has 2 aliphatic rings. The Bertz CT molecular complexity index is 967. The molecule has 4 rings (SSSR count). The Morgan fingerprint density at radius 3 is 2.86 bits per heavy atom. The van der Waals surface area contributed by atoms with E-state index < -0.39 is 0 Å². The number of ether oxygens (including phenoxy) is 2. The van der Waals surface area contributed by atoms with Crippen LogP contribution in [0, 0.1) is 0 Å². The summed E-state index contributed by atoms with van der Waals surface area (Å²) >= 11 is 0. The van der Waals surface area contributed by atoms with Crippen LogP contribution in [0.15, 0.2) is 29.2 Å². The molecule has 0 unspecified atom stereocenters. The van der Waals surface area contributed by atoms with Crippen molar-refractivity contribution < 1.29 is 14.3 Å². The van der Waals surface area contributed by atoms with Gasteiger partial charge in [0.05, 0.1) is 0 Å². The van der Waals surface area contributed by atoms with E-state index in [4.69, 9.17) is 9.47 Å². The van der Waals surface area contributed by atoms with Crippen LogP contribution in [-0.2, 0) is 19.4 Å². The number of nitrogens with one attached hydrogen (secondary N) is 2. The van der Waals surface area contributed by atoms with Gasteiger partial charge in [0.1, 0.15) is 5.56 Å². The first-order valence-electron chi connectivity index (χ1n) is 10.4. The van der Waals surface area contributed by atoms with Crippen LogP contribution in [-0.4, -0.2) is 23.9 Å². The number of carbonyl (C=O) groups excluding carboxylic acids is 1. The van der Waals surface area contributed by atoms with Crippen LogP contribution in [0.4, 0.5) is 0 Å². The summed E-state index contributed by atoms with van der Waals surface area (Å²) in [4.78, 5) is 26.1. The molecule has 0 radical (unpaired) electrons. The second-order valence-electron chi connectivity index (χ2n) is 7.52. The highest BCUT2D eigenvalue weighted by atomic mass is 16.7. The van der Waals surface area contributed by atoms with E-state index in [9.17, 15) is 9.59 Å². The minimum atomic E-state index is -0.322. The highest BCUT2D eigenvalue weighted by Crippen LogP contribution is 2.32. The van der Waals surface area contributed by atoms with Gasteiger partial charge >= 0.3 is 0 Å². The number of aryl methyl sites for hydroxylation is 1. The Balaban J connectivity index is 1.56. The zero-order valence-corrected chi connectivity index (χ0v) is 16.8. The van der Waals surface area contributed by atoms with Crippen molar-refractivity contribution in [3.8, 4) is 11.5 Å². The van der Waals surface area contributed by atoms with Crippen molar-refractivity contribution in [1.29, 1.82) is 0 Å². The van der Waals surface area contributed by atoms with Crippen molar-refractivity contribution in [2.45, 2.75) is 52.0 Å². The standard InChI is InChI=1S/C22H27N3O4/c1-2-3-10-24-25-13-16-6-4-5-7-17(16)20(22(25)27)21(26)23-12-15-8-9-18-19(11-15)29-14-28-18/h8-9,11,13,24H,2-7,10,12,14H2,1H3,(H,23,26). The quantitative estimate of drug-likeness (QED) is 0.702. The fourth-order valence-electron chi connectivity index (χ4n) is 3.87. The van der Waals surface area contributed by atoms with Crippen molar-refractivity contribution in [1.82, 2.24) is 9.99 Å². The third-order valence-corrected chi connectivity index (χ3v) is 5.46. The van der Waals surface area contributed by atoms with Gasteiger partial charge in [0.25, 0.3) is 11.5 Å². The average molecular weight is 397 g/mol. The normalized spacial score (nSPS) is 14.4. The van der Waals surface area contributed by atoms with Gasteiger partial charge in [-0.1, -0.05) is 19.4 Å². The number of aromatic nitrogens is 1. The fourth-order valence-corrected chi connectivity index (χ4v) is 3.87. The number of unbranched alkanes of at least 4 members (excludes halogenated alkanes) is 1. The first-order valence-corrected chi connectivity index (χ1v) is 10.4. The van der Waals surface area contributed by atoms with E-state index in [2.05, 4.69) is 17.7 Å². The van der Waals surface area contributed by atoms with Gasteiger partial charge in [-0.2, -0.15) is 0 Å². The Morgan fingerprint density at radius 2 is 2.00 bits per heavy atom. The molecule has 154 valence electrons. The molecule has 29 heavy (non-hydrogen) atoms. The minimum Gasteiger partial charge on any atom is -0.454 e. The Kier molecular flexibility index (Phi) is 5.74. The molecule has 1 aliphatic carbocycles. The van der Waals surface area contributed by atoms with Crippen molar-refractivity contribution >= 4 is 5.91 Å². The van der Waals surface area contributed by atoms with Crippen LogP contribution in [0.1, 0.15) is 59.7 Å². The number of amides is 1. The van der Waals surface area contributed by atoms with Gasteiger partial charge < -0.3 is 20.2 Å². The molecule has 1 aromatic carbocycles. The lowest BCUT2D eigenvalue weighted by molar-refractivity contribution is 0.0947. The molecule has 2 N–H and O–H groups in total. The van der Waals surface area contributed by atoms with Crippen LogP contribution in [0.25, 0.3) is 0 Å². The summed E-state index contributed by atoms with van der Waals surface area (Å²) in [6, 6.07) is 5.57. The molecule has 7 heteroatoms. The van der Waals surface area contributed by atoms with Gasteiger partial charge in [-0.05, 0) is 60.9 Å². The smallest absolute Gasteiger partial charge is 0.281 e. The molecule has 0 saturated carbocycles. The SMILES string of the molecule is CCCCNn1cc2c(c(C(=O)NCc3ccc4c(c3)OCO4)c1=O)CCCC2. The first kappa shape index (κ1) is 19.4. The molecule has 7 nitrogen and oxygen atoms in total. The Hall–Kier alpha value is -2.96. The molecule has 2 heterocycles. The maximum atomic E-state index is 13.0. The molecule has 0 saturated heterocycles. The second kappa shape index (κ2) is 8.59. The Morgan fingerprint density at radius 1 is 1.17 bits per heavy atom. The molecule has 2 aromatic rings. The van der Waals surface area contributed by atoms with E-state index in [1.807, 2.05) is 24.4 Å². The van der Waals surface area contributed by atoms with Crippen molar-refractivity contribution in [3.05, 3.63) is 57.0 Å². The van der Waals surface area contributed by atoms with E-state index in [0.29, 0.717) is 24.6 Å². The number of fused-ring (bicyclic) bond motifs is 2. The van der Waals surface area contributed by atoms with Crippen LogP contribution in [0.5, 0.6) is 11.5 Å². The van der Waals surface area contributed by atoms with E-state index in [-0.39, 0.29) is 23.8 Å². The fraction of sp³-hybridized carbons (Fsp3) is 0.455. The van der Waals surface area contributed by atoms with Crippen molar-refractivity contribution in [2.75, 3.05) is 18.8 Å². The molecule has 0 atom stereocenters. The largest absolute Gasteiger partial charge is 0.454 e. The van der Waals surface area contributed by atoms with Crippen LogP contribution in [0.3, 0.4) is 0 Å². The minimum absolute atomic E-state index is 0.214. The van der Waals surface area contributed by atoms with Crippen LogP contribution < -0.4 is 25.8 Å². The predicted molar refractivity (Wildman–Crippen MR) is 110 cm³/mol. The maximum Gasteiger partial charge on any atom is 0.281 e. The third-order valence-electron chi connectivity index (χ3n) is 5.46. The highest BCUT2D eigenvalue weighted by Gasteiger charge is 2.23. The topological polar surface area (TPSA) is 81.6 Å². The van der Waals surface area contributed by atoms with Gasteiger partial charge in [0.15, 0.2) is 11.5 Å². The highest BCUT2D eigenvalue weighted by molar-refractivity contribution is 5.95. The van der Waals surface area contributed by atoms with Gasteiger partial charge in [-0.15, -0.1) is 0 Å². The summed E-state index contributed by atoms with van der Waals surface area (Å²) in [6.07, 6.45) is 7.63. The average Bonchev–Trinajstić information content (AvgIpc) is 3.20. The first-order chi connectivity index (χ1) is 14.2. The molecule has 0 fully saturated rings. The summed E-state index contributed by atoms with van der Waals surface area (Å²) < 4.78 is 12.2. The number of pyridine rings is 1. The van der Waals surface area contributed by atoms with Crippen molar-refractivity contribution in [3.63, 3.8) is 0 Å². The molecule has 1 aromatic heterocycles. The van der Waals surface area contributed by atoms with Crippen LogP contribution >= 0.6 is 0 Å². The lowest BCUT2D eigenvalue weighted by Gasteiger charge is -2.21. The van der Waals surface area contributed by atoms with Gasteiger partial charge in [-0.25, -0.2) is 4.68 Å². The van der Waals surface area contributed by atoms with Gasteiger partial charge in [0, 0.05) is 19.3 Å². The Labute approximate surface area is 170 Å². The monoisotopic (exact) mass is 397 g/mol. The predicted octanol–water partition coefficient (Wildman–Crippen LogP) is 2.73. The molecule has 1 aliphatic heterocycles. The summed E-state index contributed by atoms with van der Waals surface area (Å²) in [7, 11) is 0. The molecule has 1 amide bonds. The number of rotatable bonds is 7. The summed E-state index contributed by atoms with van der Waals surface area (Å²) in [5, 5.41) is 2.92. The van der Waals surface area contributed by atoms with Gasteiger partial charge in [0.2, 0.25) is 6.79 Å². The van der Waals surface area contributed by atoms with E-state index in [0.717, 1.165) is 55.2 Å². The third kappa shape index (κ3) is 4.09. The summed E-state index contributed by atoms with van der Waals surface area (Å²) in [5.41, 5.74) is 6.04. The lowest BCUT2D eigenvalue weighted by Crippen LogP contribution is -2.39. The number of carbonyl (C=O) groups is 1. The summed E-state index contributed by atoms with van der Waals surface area (Å²) in [5.74, 6) is 1.06. The van der Waals surface area contributed by atoms with E-state index >= 15 is 0 Å². The number of benzene rings is 1. The molecule has 0 bridgehead atoms. The molecular formula is C22H27N3O4.